The number of rotatable bonds is 7. The molecule has 1 heterocycles. The first-order valence-electron chi connectivity index (χ1n) is 6.50. The average Bonchev–Trinajstić information content (AvgIpc) is 2.39. The first-order valence-corrected chi connectivity index (χ1v) is 6.50. The van der Waals surface area contributed by atoms with Gasteiger partial charge in [-0.05, 0) is 12.5 Å². The van der Waals surface area contributed by atoms with E-state index in [9.17, 15) is 4.79 Å². The van der Waals surface area contributed by atoms with E-state index in [1.165, 1.54) is 18.9 Å². The lowest BCUT2D eigenvalue weighted by Gasteiger charge is -2.34. The molecule has 0 spiro atoms. The van der Waals surface area contributed by atoms with Gasteiger partial charge in [0.2, 0.25) is 5.91 Å². The molecule has 4 nitrogen and oxygen atoms in total. The molecule has 98 valence electrons. The number of hydrogen-bond acceptors (Lipinski definition) is 3. The van der Waals surface area contributed by atoms with Crippen LogP contribution in [-0.4, -0.2) is 49.7 Å². The lowest BCUT2D eigenvalue weighted by Crippen LogP contribution is -2.48. The van der Waals surface area contributed by atoms with Crippen molar-refractivity contribution in [1.82, 2.24) is 10.2 Å². The molecule has 1 amide bonds. The molecule has 1 aliphatic rings. The summed E-state index contributed by atoms with van der Waals surface area (Å²) in [5.74, 6) is -0.0836. The molecule has 0 radical (unpaired) electrons. The molecule has 0 aromatic carbocycles. The maximum atomic E-state index is 11.2. The third kappa shape index (κ3) is 5.33. The van der Waals surface area contributed by atoms with E-state index < -0.39 is 0 Å². The van der Waals surface area contributed by atoms with Crippen LogP contribution in [0.5, 0.6) is 0 Å². The van der Waals surface area contributed by atoms with E-state index in [1.54, 1.807) is 0 Å². The van der Waals surface area contributed by atoms with Crippen LogP contribution in [0.1, 0.15) is 26.2 Å². The number of carbonyl (C=O) groups is 1. The van der Waals surface area contributed by atoms with Crippen molar-refractivity contribution in [3.8, 4) is 0 Å². The Bertz CT molecular complexity index is 238. The van der Waals surface area contributed by atoms with Gasteiger partial charge in [0, 0.05) is 25.7 Å². The molecule has 17 heavy (non-hydrogen) atoms. The first kappa shape index (κ1) is 14.2. The Morgan fingerprint density at radius 2 is 2.24 bits per heavy atom. The Kier molecular flexibility index (Phi) is 6.89. The minimum Gasteiger partial charge on any atom is -0.379 e. The number of nitrogens with one attached hydrogen (secondary N) is 1. The maximum Gasteiger partial charge on any atom is 0.243 e. The fraction of sp³-hybridized carbons (Fsp3) is 0.769. The van der Waals surface area contributed by atoms with Crippen LogP contribution in [-0.2, 0) is 9.53 Å². The van der Waals surface area contributed by atoms with E-state index in [0.717, 1.165) is 32.7 Å². The molecular weight excluding hydrogens is 216 g/mol. The molecule has 1 atom stereocenters. The molecule has 0 saturated carbocycles. The number of hydrogen-bond donors (Lipinski definition) is 1. The number of morpholine rings is 1. The van der Waals surface area contributed by atoms with E-state index in [4.69, 9.17) is 4.74 Å². The maximum absolute atomic E-state index is 11.2. The fourth-order valence-electron chi connectivity index (χ4n) is 2.09. The Morgan fingerprint density at radius 3 is 2.82 bits per heavy atom. The number of nitrogens with zero attached hydrogens (tertiary/aromatic N) is 1. The van der Waals surface area contributed by atoms with Gasteiger partial charge in [0.15, 0.2) is 0 Å². The van der Waals surface area contributed by atoms with E-state index in [-0.39, 0.29) is 5.91 Å². The summed E-state index contributed by atoms with van der Waals surface area (Å²) in [7, 11) is 0. The van der Waals surface area contributed by atoms with Crippen LogP contribution >= 0.6 is 0 Å². The lowest BCUT2D eigenvalue weighted by molar-refractivity contribution is -0.116. The van der Waals surface area contributed by atoms with Gasteiger partial charge in [-0.25, -0.2) is 0 Å². The standard InChI is InChI=1S/C13H24N2O2/c1-3-5-6-12(11-14-13(16)4-2)15-7-9-17-10-8-15/h4,12H,2-3,5-11H2,1H3,(H,14,16). The second-order valence-electron chi connectivity index (χ2n) is 4.39. The second kappa shape index (κ2) is 8.25. The van der Waals surface area contributed by atoms with Gasteiger partial charge in [0.05, 0.1) is 13.2 Å². The zero-order chi connectivity index (χ0) is 12.5. The lowest BCUT2D eigenvalue weighted by atomic mass is 10.1. The predicted octanol–water partition coefficient (Wildman–Crippen LogP) is 1.18. The average molecular weight is 240 g/mol. The molecule has 1 N–H and O–H groups in total. The zero-order valence-electron chi connectivity index (χ0n) is 10.8. The summed E-state index contributed by atoms with van der Waals surface area (Å²) < 4.78 is 5.36. The van der Waals surface area contributed by atoms with Crippen LogP contribution in [0.2, 0.25) is 0 Å². The van der Waals surface area contributed by atoms with Gasteiger partial charge in [0.25, 0.3) is 0 Å². The minimum atomic E-state index is -0.0836. The quantitative estimate of drug-likeness (QED) is 0.679. The number of carbonyl (C=O) groups excluding carboxylic acids is 1. The summed E-state index contributed by atoms with van der Waals surface area (Å²) in [6.07, 6.45) is 4.85. The highest BCUT2D eigenvalue weighted by Gasteiger charge is 2.20. The van der Waals surface area contributed by atoms with E-state index in [0.29, 0.717) is 12.6 Å². The van der Waals surface area contributed by atoms with Crippen molar-refractivity contribution < 1.29 is 9.53 Å². The fourth-order valence-corrected chi connectivity index (χ4v) is 2.09. The molecular formula is C13H24N2O2. The van der Waals surface area contributed by atoms with E-state index >= 15 is 0 Å². The Hall–Kier alpha value is -0.870. The van der Waals surface area contributed by atoms with Crippen molar-refractivity contribution in [3.05, 3.63) is 12.7 Å². The third-order valence-electron chi connectivity index (χ3n) is 3.15. The smallest absolute Gasteiger partial charge is 0.243 e. The van der Waals surface area contributed by atoms with Gasteiger partial charge in [-0.1, -0.05) is 26.3 Å². The van der Waals surface area contributed by atoms with Crippen LogP contribution in [0.25, 0.3) is 0 Å². The van der Waals surface area contributed by atoms with E-state index in [2.05, 4.69) is 23.7 Å². The van der Waals surface area contributed by atoms with Crippen LogP contribution in [0.4, 0.5) is 0 Å². The van der Waals surface area contributed by atoms with Gasteiger partial charge >= 0.3 is 0 Å². The summed E-state index contributed by atoms with van der Waals surface area (Å²) in [5.41, 5.74) is 0. The van der Waals surface area contributed by atoms with Crippen LogP contribution < -0.4 is 5.32 Å². The van der Waals surface area contributed by atoms with Crippen molar-refractivity contribution in [1.29, 1.82) is 0 Å². The molecule has 0 aromatic heterocycles. The van der Waals surface area contributed by atoms with Crippen molar-refractivity contribution >= 4 is 5.91 Å². The first-order chi connectivity index (χ1) is 8.27. The van der Waals surface area contributed by atoms with Gasteiger partial charge in [-0.3, -0.25) is 9.69 Å². The van der Waals surface area contributed by atoms with Crippen LogP contribution in [0.3, 0.4) is 0 Å². The molecule has 1 aliphatic heterocycles. The van der Waals surface area contributed by atoms with Crippen LogP contribution in [0, 0.1) is 0 Å². The van der Waals surface area contributed by atoms with E-state index in [1.807, 2.05) is 0 Å². The minimum absolute atomic E-state index is 0.0836. The topological polar surface area (TPSA) is 41.6 Å². The number of amides is 1. The monoisotopic (exact) mass is 240 g/mol. The molecule has 0 aliphatic carbocycles. The van der Waals surface area contributed by atoms with Crippen molar-refractivity contribution in [2.75, 3.05) is 32.8 Å². The second-order valence-corrected chi connectivity index (χ2v) is 4.39. The highest BCUT2D eigenvalue weighted by molar-refractivity contribution is 5.86. The summed E-state index contributed by atoms with van der Waals surface area (Å²) in [4.78, 5) is 13.6. The van der Waals surface area contributed by atoms with Crippen molar-refractivity contribution in [2.24, 2.45) is 0 Å². The van der Waals surface area contributed by atoms with Gasteiger partial charge in [-0.15, -0.1) is 0 Å². The summed E-state index contributed by atoms with van der Waals surface area (Å²) >= 11 is 0. The number of ether oxygens (including phenoxy) is 1. The number of unbranched alkanes of at least 4 members (excludes halogenated alkanes) is 1. The molecule has 1 rings (SSSR count). The largest absolute Gasteiger partial charge is 0.379 e. The zero-order valence-corrected chi connectivity index (χ0v) is 10.8. The molecule has 1 unspecified atom stereocenters. The SMILES string of the molecule is C=CC(=O)NCC(CCCC)N1CCOCC1. The Labute approximate surface area is 104 Å². The normalized spacial score (nSPS) is 18.6. The van der Waals surface area contributed by atoms with Crippen molar-refractivity contribution in [2.45, 2.75) is 32.2 Å². The molecule has 4 heteroatoms. The third-order valence-corrected chi connectivity index (χ3v) is 3.15. The molecule has 1 fully saturated rings. The summed E-state index contributed by atoms with van der Waals surface area (Å²) in [6, 6.07) is 0.433. The van der Waals surface area contributed by atoms with Gasteiger partial charge in [0.1, 0.15) is 0 Å². The predicted molar refractivity (Wildman–Crippen MR) is 68.9 cm³/mol. The van der Waals surface area contributed by atoms with Crippen LogP contribution in [0.15, 0.2) is 12.7 Å². The summed E-state index contributed by atoms with van der Waals surface area (Å²) in [6.45, 7) is 9.92. The molecule has 0 bridgehead atoms. The highest BCUT2D eigenvalue weighted by atomic mass is 16.5. The van der Waals surface area contributed by atoms with Gasteiger partial charge < -0.3 is 10.1 Å². The van der Waals surface area contributed by atoms with Gasteiger partial charge in [-0.2, -0.15) is 0 Å². The van der Waals surface area contributed by atoms with Crippen molar-refractivity contribution in [3.63, 3.8) is 0 Å². The summed E-state index contributed by atoms with van der Waals surface area (Å²) in [5, 5.41) is 2.90. The molecule has 0 aromatic rings. The highest BCUT2D eigenvalue weighted by Crippen LogP contribution is 2.10. The molecule has 1 saturated heterocycles. The Morgan fingerprint density at radius 1 is 1.53 bits per heavy atom. The Balaban J connectivity index is 2.40.